The van der Waals surface area contributed by atoms with Gasteiger partial charge in [0.05, 0.1) is 19.1 Å². The molecule has 0 radical (unpaired) electrons. The monoisotopic (exact) mass is 394 g/mol. The van der Waals surface area contributed by atoms with E-state index in [2.05, 4.69) is 0 Å². The van der Waals surface area contributed by atoms with Crippen LogP contribution in [-0.2, 0) is 30.4 Å². The summed E-state index contributed by atoms with van der Waals surface area (Å²) in [6.45, 7) is 4.14. The fourth-order valence-electron chi connectivity index (χ4n) is 3.28. The minimum absolute atomic E-state index is 0.0851. The van der Waals surface area contributed by atoms with Crippen LogP contribution >= 0.6 is 11.6 Å². The predicted octanol–water partition coefficient (Wildman–Crippen LogP) is 1.48. The Hall–Kier alpha value is -2.12. The number of morpholine rings is 1. The number of nitrogens with zero attached hydrogens (tertiary/aromatic N) is 2. The van der Waals surface area contributed by atoms with Crippen molar-refractivity contribution in [3.8, 4) is 0 Å². The van der Waals surface area contributed by atoms with Crippen LogP contribution in [0.1, 0.15) is 18.9 Å². The fourth-order valence-corrected chi connectivity index (χ4v) is 3.47. The average molecular weight is 395 g/mol. The number of carbonyl (C=O) groups excluding carboxylic acids is 3. The Kier molecular flexibility index (Phi) is 6.34. The molecule has 1 aromatic rings. The van der Waals surface area contributed by atoms with Gasteiger partial charge in [0.15, 0.2) is 6.10 Å². The number of hydrogen-bond donors (Lipinski definition) is 0. The number of carbonyl (C=O) groups is 3. The van der Waals surface area contributed by atoms with E-state index in [0.29, 0.717) is 37.9 Å². The molecule has 27 heavy (non-hydrogen) atoms. The lowest BCUT2D eigenvalue weighted by Gasteiger charge is -2.29. The first-order chi connectivity index (χ1) is 13.0. The standard InChI is InChI=1S/C19H23ClN2O5/c1-13(18(24)21-6-8-26-9-7-21)27-19(25)15-10-17(23)22(12-15)11-14-4-2-3-5-16(14)20/h2-5,13,15H,6-12H2,1H3. The van der Waals surface area contributed by atoms with Crippen LogP contribution in [0.2, 0.25) is 5.02 Å². The molecule has 2 aliphatic heterocycles. The van der Waals surface area contributed by atoms with Crippen LogP contribution in [0.4, 0.5) is 0 Å². The van der Waals surface area contributed by atoms with Gasteiger partial charge in [-0.25, -0.2) is 0 Å². The second-order valence-electron chi connectivity index (χ2n) is 6.78. The Bertz CT molecular complexity index is 720. The summed E-state index contributed by atoms with van der Waals surface area (Å²) in [7, 11) is 0. The van der Waals surface area contributed by atoms with Crippen LogP contribution in [0.5, 0.6) is 0 Å². The summed E-state index contributed by atoms with van der Waals surface area (Å²) in [5, 5.41) is 0.584. The largest absolute Gasteiger partial charge is 0.452 e. The van der Waals surface area contributed by atoms with Crippen molar-refractivity contribution in [1.29, 1.82) is 0 Å². The third-order valence-corrected chi connectivity index (χ3v) is 5.20. The van der Waals surface area contributed by atoms with Gasteiger partial charge < -0.3 is 19.3 Å². The topological polar surface area (TPSA) is 76.2 Å². The zero-order valence-corrected chi connectivity index (χ0v) is 16.0. The van der Waals surface area contributed by atoms with Crippen molar-refractivity contribution in [3.63, 3.8) is 0 Å². The van der Waals surface area contributed by atoms with Crippen molar-refractivity contribution in [2.75, 3.05) is 32.8 Å². The molecule has 2 fully saturated rings. The third kappa shape index (κ3) is 4.78. The molecule has 1 aromatic carbocycles. The molecule has 146 valence electrons. The predicted molar refractivity (Wildman–Crippen MR) is 97.9 cm³/mol. The van der Waals surface area contributed by atoms with Crippen molar-refractivity contribution in [1.82, 2.24) is 9.80 Å². The maximum absolute atomic E-state index is 12.4. The molecule has 2 heterocycles. The second-order valence-corrected chi connectivity index (χ2v) is 7.19. The highest BCUT2D eigenvalue weighted by Crippen LogP contribution is 2.24. The quantitative estimate of drug-likeness (QED) is 0.707. The Morgan fingerprint density at radius 3 is 2.70 bits per heavy atom. The van der Waals surface area contributed by atoms with Gasteiger partial charge in [0.1, 0.15) is 0 Å². The minimum atomic E-state index is -0.872. The number of ether oxygens (including phenoxy) is 2. The molecule has 0 saturated carbocycles. The summed E-state index contributed by atoms with van der Waals surface area (Å²) in [4.78, 5) is 40.3. The Labute approximate surface area is 163 Å². The van der Waals surface area contributed by atoms with E-state index < -0.39 is 18.0 Å². The first-order valence-electron chi connectivity index (χ1n) is 9.04. The molecule has 0 aromatic heterocycles. The van der Waals surface area contributed by atoms with E-state index in [9.17, 15) is 14.4 Å². The van der Waals surface area contributed by atoms with E-state index >= 15 is 0 Å². The molecule has 2 atom stereocenters. The molecule has 0 N–H and O–H groups in total. The van der Waals surface area contributed by atoms with Crippen LogP contribution < -0.4 is 0 Å². The molecule has 2 aliphatic rings. The van der Waals surface area contributed by atoms with Gasteiger partial charge in [-0.15, -0.1) is 0 Å². The van der Waals surface area contributed by atoms with Gasteiger partial charge in [-0.3, -0.25) is 14.4 Å². The molecule has 0 bridgehead atoms. The SMILES string of the molecule is CC(OC(=O)C1CC(=O)N(Cc2ccccc2Cl)C1)C(=O)N1CCOCC1. The molecular weight excluding hydrogens is 372 g/mol. The molecule has 0 aliphatic carbocycles. The van der Waals surface area contributed by atoms with E-state index in [1.807, 2.05) is 18.2 Å². The van der Waals surface area contributed by atoms with Crippen molar-refractivity contribution < 1.29 is 23.9 Å². The Balaban J connectivity index is 1.54. The van der Waals surface area contributed by atoms with E-state index in [0.717, 1.165) is 5.56 Å². The van der Waals surface area contributed by atoms with Crippen molar-refractivity contribution >= 4 is 29.4 Å². The highest BCUT2D eigenvalue weighted by molar-refractivity contribution is 6.31. The highest BCUT2D eigenvalue weighted by atomic mass is 35.5. The molecular formula is C19H23ClN2O5. The van der Waals surface area contributed by atoms with Crippen molar-refractivity contribution in [3.05, 3.63) is 34.9 Å². The van der Waals surface area contributed by atoms with Crippen LogP contribution in [0.15, 0.2) is 24.3 Å². The lowest BCUT2D eigenvalue weighted by atomic mass is 10.1. The molecule has 2 saturated heterocycles. The summed E-state index contributed by atoms with van der Waals surface area (Å²) in [6.07, 6.45) is -0.787. The first kappa shape index (κ1) is 19.6. The van der Waals surface area contributed by atoms with Gasteiger partial charge in [0, 0.05) is 37.6 Å². The van der Waals surface area contributed by atoms with Gasteiger partial charge in [0.25, 0.3) is 5.91 Å². The van der Waals surface area contributed by atoms with Gasteiger partial charge in [0.2, 0.25) is 5.91 Å². The highest BCUT2D eigenvalue weighted by Gasteiger charge is 2.37. The summed E-state index contributed by atoms with van der Waals surface area (Å²) < 4.78 is 10.6. The number of amides is 2. The fraction of sp³-hybridized carbons (Fsp3) is 0.526. The average Bonchev–Trinajstić information content (AvgIpc) is 3.04. The number of likely N-dealkylation sites (tertiary alicyclic amines) is 1. The molecule has 2 unspecified atom stereocenters. The first-order valence-corrected chi connectivity index (χ1v) is 9.41. The maximum atomic E-state index is 12.4. The third-order valence-electron chi connectivity index (χ3n) is 4.83. The van der Waals surface area contributed by atoms with Crippen LogP contribution in [-0.4, -0.2) is 66.5 Å². The molecule has 2 amide bonds. The van der Waals surface area contributed by atoms with Crippen LogP contribution in [0, 0.1) is 5.92 Å². The lowest BCUT2D eigenvalue weighted by molar-refractivity contribution is -0.163. The number of benzene rings is 1. The van der Waals surface area contributed by atoms with E-state index in [-0.39, 0.29) is 24.8 Å². The maximum Gasteiger partial charge on any atom is 0.312 e. The van der Waals surface area contributed by atoms with E-state index in [1.54, 1.807) is 22.8 Å². The zero-order valence-electron chi connectivity index (χ0n) is 15.2. The number of rotatable bonds is 5. The summed E-state index contributed by atoms with van der Waals surface area (Å²) >= 11 is 6.15. The van der Waals surface area contributed by atoms with Gasteiger partial charge in [-0.2, -0.15) is 0 Å². The van der Waals surface area contributed by atoms with E-state index in [4.69, 9.17) is 21.1 Å². The Morgan fingerprint density at radius 1 is 1.30 bits per heavy atom. The molecule has 8 heteroatoms. The smallest absolute Gasteiger partial charge is 0.312 e. The van der Waals surface area contributed by atoms with E-state index in [1.165, 1.54) is 0 Å². The molecule has 7 nitrogen and oxygen atoms in total. The number of hydrogen-bond acceptors (Lipinski definition) is 5. The minimum Gasteiger partial charge on any atom is -0.452 e. The van der Waals surface area contributed by atoms with Gasteiger partial charge in [-0.05, 0) is 18.6 Å². The lowest BCUT2D eigenvalue weighted by Crippen LogP contribution is -2.46. The summed E-state index contributed by atoms with van der Waals surface area (Å²) in [5.74, 6) is -1.44. The molecule has 3 rings (SSSR count). The van der Waals surface area contributed by atoms with Gasteiger partial charge in [-0.1, -0.05) is 29.8 Å². The number of esters is 1. The molecule has 0 spiro atoms. The van der Waals surface area contributed by atoms with Crippen molar-refractivity contribution in [2.45, 2.75) is 26.0 Å². The summed E-state index contributed by atoms with van der Waals surface area (Å²) in [5.41, 5.74) is 0.831. The van der Waals surface area contributed by atoms with Crippen molar-refractivity contribution in [2.24, 2.45) is 5.92 Å². The van der Waals surface area contributed by atoms with Crippen LogP contribution in [0.3, 0.4) is 0 Å². The Morgan fingerprint density at radius 2 is 2.00 bits per heavy atom. The zero-order chi connectivity index (χ0) is 19.4. The van der Waals surface area contributed by atoms with Gasteiger partial charge >= 0.3 is 5.97 Å². The second kappa shape index (κ2) is 8.71. The number of halogens is 1. The van der Waals surface area contributed by atoms with Crippen LogP contribution in [0.25, 0.3) is 0 Å². The normalized spacial score (nSPS) is 21.3. The summed E-state index contributed by atoms with van der Waals surface area (Å²) in [6, 6.07) is 7.30.